The van der Waals surface area contributed by atoms with Gasteiger partial charge in [0, 0.05) is 0 Å². The third kappa shape index (κ3) is 7.01. The summed E-state index contributed by atoms with van der Waals surface area (Å²) in [6.45, 7) is 7.85. The Morgan fingerprint density at radius 3 is 2.12 bits per heavy atom. The van der Waals surface area contributed by atoms with Crippen molar-refractivity contribution < 1.29 is 0 Å². The van der Waals surface area contributed by atoms with Crippen molar-refractivity contribution in [2.75, 3.05) is 14.2 Å². The zero-order valence-electron chi connectivity index (χ0n) is 24.1. The van der Waals surface area contributed by atoms with Crippen LogP contribution in [-0.2, 0) is 6.54 Å². The Bertz CT molecular complexity index is 1520. The minimum atomic E-state index is -0.141. The molecule has 212 valence electrons. The van der Waals surface area contributed by atoms with E-state index in [2.05, 4.69) is 110 Å². The summed E-state index contributed by atoms with van der Waals surface area (Å²) in [7, 11) is 0. The molecule has 0 saturated heterocycles. The van der Waals surface area contributed by atoms with Crippen molar-refractivity contribution in [2.45, 2.75) is 65.8 Å². The molecule has 0 aliphatic rings. The van der Waals surface area contributed by atoms with Gasteiger partial charge in [0.2, 0.25) is 0 Å². The number of imidazole rings is 1. The number of unbranched alkanes of at least 4 members (excludes halogenated alkanes) is 3. The molecule has 0 atom stereocenters. The molecule has 40 heavy (non-hydrogen) atoms. The normalized spacial score (nSPS) is 11.7. The van der Waals surface area contributed by atoms with Gasteiger partial charge in [0.05, 0.1) is 0 Å². The van der Waals surface area contributed by atoms with Crippen LogP contribution in [0.25, 0.3) is 33.2 Å². The Morgan fingerprint density at radius 1 is 0.725 bits per heavy atom. The fraction of sp³-hybridized carbons (Fsp3) is 0.343. The summed E-state index contributed by atoms with van der Waals surface area (Å²) in [5.74, 6) is 1.07. The molecule has 0 fully saturated rings. The summed E-state index contributed by atoms with van der Waals surface area (Å²) in [6.07, 6.45) is 7.59. The minimum absolute atomic E-state index is 0.141. The van der Waals surface area contributed by atoms with Gasteiger partial charge in [-0.25, -0.2) is 0 Å². The molecule has 5 rings (SSSR count). The van der Waals surface area contributed by atoms with Gasteiger partial charge in [-0.05, 0) is 0 Å². The van der Waals surface area contributed by atoms with Crippen molar-refractivity contribution >= 4 is 75.6 Å². The summed E-state index contributed by atoms with van der Waals surface area (Å²) in [6, 6.07) is 29.3. The fourth-order valence-electron chi connectivity index (χ4n) is 5.05. The van der Waals surface area contributed by atoms with Crippen molar-refractivity contribution in [1.29, 1.82) is 0 Å². The molecule has 4 aromatic carbocycles. The van der Waals surface area contributed by atoms with Gasteiger partial charge in [0.1, 0.15) is 0 Å². The van der Waals surface area contributed by atoms with E-state index in [0.717, 1.165) is 36.4 Å². The maximum atomic E-state index is 5.36. The van der Waals surface area contributed by atoms with Crippen molar-refractivity contribution in [3.63, 3.8) is 0 Å². The second-order valence-corrected chi connectivity index (χ2v) is 17.0. The van der Waals surface area contributed by atoms with E-state index in [1.165, 1.54) is 62.1 Å². The fourth-order valence-corrected chi connectivity index (χ4v) is 12.0. The Balaban J connectivity index is 1.56. The van der Waals surface area contributed by atoms with Gasteiger partial charge < -0.3 is 0 Å². The number of rotatable bonds is 14. The second-order valence-electron chi connectivity index (χ2n) is 10.4. The van der Waals surface area contributed by atoms with Crippen molar-refractivity contribution in [3.8, 4) is 11.4 Å². The number of nitrogens with one attached hydrogen (secondary N) is 1. The monoisotopic (exact) mass is 759 g/mol. The van der Waals surface area contributed by atoms with Crippen LogP contribution >= 0.6 is 42.4 Å². The number of anilines is 2. The summed E-state index contributed by atoms with van der Waals surface area (Å²) in [5, 5.41) is 6.38. The molecule has 0 spiro atoms. The number of nitrogens with zero attached hydrogens (tertiary/aromatic N) is 2. The first-order valence-corrected chi connectivity index (χ1v) is 20.5. The van der Waals surface area contributed by atoms with Crippen molar-refractivity contribution in [2.24, 2.45) is 0 Å². The third-order valence-electron chi connectivity index (χ3n) is 7.24. The predicted octanol–water partition coefficient (Wildman–Crippen LogP) is 10.7. The molecule has 5 aromatic rings. The number of halogens is 2. The van der Waals surface area contributed by atoms with Gasteiger partial charge in [-0.15, -0.1) is 0 Å². The predicted molar refractivity (Wildman–Crippen MR) is 195 cm³/mol. The molecule has 0 amide bonds. The zero-order valence-corrected chi connectivity index (χ0v) is 28.7. The van der Waals surface area contributed by atoms with E-state index < -0.39 is 0 Å². The maximum absolute atomic E-state index is 5.36. The van der Waals surface area contributed by atoms with Crippen molar-refractivity contribution in [1.82, 2.24) is 9.55 Å². The van der Waals surface area contributed by atoms with Crippen LogP contribution in [0.15, 0.2) is 78.9 Å². The molecule has 0 unspecified atom stereocenters. The van der Waals surface area contributed by atoms with E-state index in [1.807, 2.05) is 0 Å². The Morgan fingerprint density at radius 2 is 1.40 bits per heavy atom. The zero-order chi connectivity index (χ0) is 27.7. The molecule has 1 N–H and O–H groups in total. The number of aromatic nitrogens is 2. The molecule has 1 heterocycles. The molecular weight excluding hydrogens is 716 g/mol. The third-order valence-corrected chi connectivity index (χ3v) is 13.3. The van der Waals surface area contributed by atoms with Crippen molar-refractivity contribution in [3.05, 3.63) is 86.0 Å². The molecule has 0 aliphatic heterocycles. The second kappa shape index (κ2) is 14.7. The van der Waals surface area contributed by atoms with E-state index in [-0.39, 0.29) is 42.4 Å². The topological polar surface area (TPSA) is 29.9 Å². The van der Waals surface area contributed by atoms with E-state index in [4.69, 9.17) is 4.98 Å². The van der Waals surface area contributed by atoms with Crippen LogP contribution in [0.2, 0.25) is 0 Å². The number of aryl methyl sites for hydroxylation is 1. The first-order valence-electron chi connectivity index (χ1n) is 14.9. The van der Waals surface area contributed by atoms with E-state index in [0.29, 0.717) is 0 Å². The molecule has 0 aliphatic carbocycles. The summed E-state index contributed by atoms with van der Waals surface area (Å²) in [4.78, 5) is 5.36. The van der Waals surface area contributed by atoms with Crippen LogP contribution in [0.3, 0.4) is 0 Å². The molecule has 0 radical (unpaired) electrons. The summed E-state index contributed by atoms with van der Waals surface area (Å²) >= 11 is -0.282. The molecular formula is C35H43I2N3. The van der Waals surface area contributed by atoms with Gasteiger partial charge >= 0.3 is 256 Å². The quantitative estimate of drug-likeness (QED) is 0.0694. The van der Waals surface area contributed by atoms with Gasteiger partial charge in [-0.2, -0.15) is 0 Å². The SMILES string of the molecule is CCCC[IH]c1cc(Nc2cccc3c2nc(-c2cccc4ccccc24)n3CCCC)cc([IH]CCCC)c1. The Kier molecular flexibility index (Phi) is 10.8. The van der Waals surface area contributed by atoms with Gasteiger partial charge in [0.15, 0.2) is 0 Å². The summed E-state index contributed by atoms with van der Waals surface area (Å²) < 4.78 is 8.45. The van der Waals surface area contributed by atoms with Crippen LogP contribution in [0.1, 0.15) is 59.3 Å². The van der Waals surface area contributed by atoms with Crippen LogP contribution in [0.5, 0.6) is 0 Å². The van der Waals surface area contributed by atoms with Crippen LogP contribution in [0.4, 0.5) is 11.4 Å². The van der Waals surface area contributed by atoms with E-state index in [9.17, 15) is 0 Å². The molecule has 0 saturated carbocycles. The summed E-state index contributed by atoms with van der Waals surface area (Å²) in [5.41, 5.74) is 5.85. The number of benzene rings is 4. The Hall–Kier alpha value is -2.13. The number of hydrogen-bond acceptors (Lipinski definition) is 2. The molecule has 3 nitrogen and oxygen atoms in total. The van der Waals surface area contributed by atoms with Gasteiger partial charge in [-0.3, -0.25) is 0 Å². The van der Waals surface area contributed by atoms with Crippen LogP contribution < -0.4 is 5.32 Å². The molecule has 1 aromatic heterocycles. The standard InChI is InChI=1S/C35H43I2N3/c1-4-7-20-36-27-23-28(37-21-8-5-2)25-29(24-27)38-32-18-13-19-33-34(32)39-35(40(33)22-9-6-3)31-17-12-15-26-14-10-11-16-30(26)31/h10-19,23-25,36-38H,4-9,20-22H2,1-3H3. The number of alkyl halides is 2. The first-order chi connectivity index (χ1) is 19.7. The molecule has 5 heteroatoms. The molecule has 0 bridgehead atoms. The number of para-hydroxylation sites is 1. The average molecular weight is 760 g/mol. The number of fused-ring (bicyclic) bond motifs is 2. The van der Waals surface area contributed by atoms with Gasteiger partial charge in [-0.1, -0.05) is 6.07 Å². The van der Waals surface area contributed by atoms with Crippen LogP contribution in [-0.4, -0.2) is 18.4 Å². The van der Waals surface area contributed by atoms with E-state index in [1.54, 1.807) is 7.14 Å². The average Bonchev–Trinajstić information content (AvgIpc) is 3.35. The number of hydrogen-bond donors (Lipinski definition) is 1. The van der Waals surface area contributed by atoms with Crippen LogP contribution in [0, 0.1) is 7.14 Å². The van der Waals surface area contributed by atoms with E-state index >= 15 is 0 Å². The van der Waals surface area contributed by atoms with Gasteiger partial charge in [0.25, 0.3) is 0 Å². The Labute approximate surface area is 260 Å². The first kappa shape index (κ1) is 29.4.